The van der Waals surface area contributed by atoms with Crippen LogP contribution in [0.3, 0.4) is 0 Å². The van der Waals surface area contributed by atoms with Crippen molar-refractivity contribution in [3.63, 3.8) is 0 Å². The minimum atomic E-state index is -2.39. The zero-order valence-corrected chi connectivity index (χ0v) is 44.9. The number of benzene rings is 4. The maximum Gasteiger partial charge on any atom is 0.514 e. The Balaban J connectivity index is 1.15. The van der Waals surface area contributed by atoms with Gasteiger partial charge in [-0.1, -0.05) is 99.8 Å². The van der Waals surface area contributed by atoms with E-state index in [1.807, 2.05) is 0 Å². The van der Waals surface area contributed by atoms with Gasteiger partial charge in [0.25, 0.3) is 11.6 Å². The Morgan fingerprint density at radius 1 is 0.800 bits per heavy atom. The minimum absolute atomic E-state index is 0.0113. The van der Waals surface area contributed by atoms with E-state index in [1.165, 1.54) is 38.1 Å². The van der Waals surface area contributed by atoms with Crippen molar-refractivity contribution in [2.24, 2.45) is 28.6 Å². The van der Waals surface area contributed by atoms with Gasteiger partial charge in [-0.3, -0.25) is 24.5 Å². The standard InChI is InChI=1S/C60H64N2O18/c1-34-44(77-55(67)50(79-56(68)74-32-36-18-10-6-11-19-36)48(37-20-12-7-13-21-37)61-53(65)38-22-14-8-15-23-38)31-60(70)52(80-54(66)39-24-16-9-17-25-39)47-42-33-73-43(42)30-45(78-57(69)76-41-28-26-40(27-29-41)62(71)72)59(47,5)51(64)49(75-35(2)63)46(34)58(60,3)4/h7-9,12-17,20-29,36,42-45,47-50,52,70H,6,10-11,18-19,30-33H2,1-5H3,(H,61,65)/t42?,43?,44-,45-,47?,48-,49+,50+,52-,59?,60+/m0/s1. The van der Waals surface area contributed by atoms with Gasteiger partial charge in [0.2, 0.25) is 6.10 Å². The lowest BCUT2D eigenvalue weighted by Gasteiger charge is -2.64. The second-order valence-electron chi connectivity index (χ2n) is 21.9. The normalized spacial score (nSPS) is 27.5. The van der Waals surface area contributed by atoms with Gasteiger partial charge < -0.3 is 48.3 Å². The molecule has 3 saturated carbocycles. The summed E-state index contributed by atoms with van der Waals surface area (Å²) in [7, 11) is 0. The van der Waals surface area contributed by atoms with Crippen molar-refractivity contribution in [3.8, 4) is 5.75 Å². The van der Waals surface area contributed by atoms with Crippen molar-refractivity contribution in [2.75, 3.05) is 13.2 Å². The number of hydrogen-bond acceptors (Lipinski definition) is 18. The first-order chi connectivity index (χ1) is 38.2. The van der Waals surface area contributed by atoms with Crippen LogP contribution in [0.1, 0.15) is 112 Å². The molecule has 4 aliphatic carbocycles. The molecule has 0 aromatic heterocycles. The van der Waals surface area contributed by atoms with Crippen molar-refractivity contribution in [1.82, 2.24) is 5.32 Å². The minimum Gasteiger partial charge on any atom is -0.455 e. The molecular weight excluding hydrogens is 1040 g/mol. The van der Waals surface area contributed by atoms with E-state index in [0.717, 1.165) is 51.2 Å². The molecule has 80 heavy (non-hydrogen) atoms. The number of ketones is 1. The molecule has 4 fully saturated rings. The number of aliphatic hydroxyl groups is 1. The zero-order chi connectivity index (χ0) is 57.1. The summed E-state index contributed by atoms with van der Waals surface area (Å²) in [4.78, 5) is 112. The van der Waals surface area contributed by atoms with Gasteiger partial charge in [0, 0.05) is 54.7 Å². The molecule has 4 aromatic carbocycles. The van der Waals surface area contributed by atoms with Crippen LogP contribution in [-0.4, -0.2) is 107 Å². The van der Waals surface area contributed by atoms with Gasteiger partial charge in [-0.25, -0.2) is 19.2 Å². The lowest BCUT2D eigenvalue weighted by atomic mass is 9.45. The largest absolute Gasteiger partial charge is 0.514 e. The molecule has 5 aliphatic rings. The predicted octanol–water partition coefficient (Wildman–Crippen LogP) is 8.92. The molecule has 20 nitrogen and oxygen atoms in total. The number of fused-ring (bicyclic) bond motifs is 5. The SMILES string of the molecule is CC(=O)O[C@H]1C(=O)C2(C)C(C3COC3C[C@@H]2OC(=O)Oc2ccc([N+](=O)[O-])cc2)[C@H](OC(=O)c2ccccc2)[C@]2(O)C[C@H](OC(=O)[C@H](OC(=O)OCC3CCCCC3)[C@@H](NC(=O)c3ccccc3)c3ccccc3)C(C)=C1C2(C)C. The molecule has 2 bridgehead atoms. The Morgan fingerprint density at radius 3 is 2.02 bits per heavy atom. The van der Waals surface area contributed by atoms with E-state index in [1.54, 1.807) is 92.7 Å². The quantitative estimate of drug-likeness (QED) is 0.0281. The molecule has 4 unspecified atom stereocenters. The number of carbonyl (C=O) groups excluding carboxylic acids is 7. The molecule has 0 radical (unpaired) electrons. The molecule has 11 atom stereocenters. The summed E-state index contributed by atoms with van der Waals surface area (Å²) in [5.74, 6) is -6.58. The molecule has 1 heterocycles. The zero-order valence-electron chi connectivity index (χ0n) is 44.9. The summed E-state index contributed by atoms with van der Waals surface area (Å²) in [6, 6.07) is 27.5. The van der Waals surface area contributed by atoms with Gasteiger partial charge in [0.1, 0.15) is 35.7 Å². The summed E-state index contributed by atoms with van der Waals surface area (Å²) in [5.41, 5.74) is -5.65. The number of nitrogens with one attached hydrogen (secondary N) is 1. The first kappa shape index (κ1) is 56.7. The highest BCUT2D eigenvalue weighted by Gasteiger charge is 2.73. The summed E-state index contributed by atoms with van der Waals surface area (Å²) < 4.78 is 48.3. The smallest absolute Gasteiger partial charge is 0.455 e. The third-order valence-electron chi connectivity index (χ3n) is 16.9. The van der Waals surface area contributed by atoms with Crippen LogP contribution >= 0.6 is 0 Å². The molecule has 9 rings (SSSR count). The Hall–Kier alpha value is -7.97. The second kappa shape index (κ2) is 23.4. The number of esters is 3. The molecule has 2 N–H and O–H groups in total. The van der Waals surface area contributed by atoms with Gasteiger partial charge in [-0.15, -0.1) is 0 Å². The second-order valence-corrected chi connectivity index (χ2v) is 21.9. The Bertz CT molecular complexity index is 3020. The number of nitro benzene ring substituents is 1. The van der Waals surface area contributed by atoms with Crippen molar-refractivity contribution in [1.29, 1.82) is 0 Å². The van der Waals surface area contributed by atoms with Crippen LogP contribution in [0.15, 0.2) is 126 Å². The fraction of sp³-hybridized carbons (Fsp3) is 0.450. The van der Waals surface area contributed by atoms with E-state index < -0.39 is 124 Å². The number of rotatable bonds is 15. The predicted molar refractivity (Wildman–Crippen MR) is 281 cm³/mol. The fourth-order valence-corrected chi connectivity index (χ4v) is 12.5. The highest BCUT2D eigenvalue weighted by atomic mass is 16.7. The molecule has 4 aromatic rings. The van der Waals surface area contributed by atoms with Crippen molar-refractivity contribution in [3.05, 3.63) is 153 Å². The van der Waals surface area contributed by atoms with Crippen LogP contribution in [0, 0.1) is 38.7 Å². The van der Waals surface area contributed by atoms with Crippen LogP contribution in [0.2, 0.25) is 0 Å². The number of nitro groups is 1. The Kier molecular flexibility index (Phi) is 16.6. The van der Waals surface area contributed by atoms with Crippen LogP contribution in [-0.2, 0) is 47.5 Å². The van der Waals surface area contributed by atoms with Gasteiger partial charge in [-0.05, 0) is 85.7 Å². The monoisotopic (exact) mass is 1100 g/mol. The van der Waals surface area contributed by atoms with E-state index in [-0.39, 0.29) is 59.3 Å². The Morgan fingerprint density at radius 2 is 1.43 bits per heavy atom. The maximum absolute atomic E-state index is 16.2. The highest BCUT2D eigenvalue weighted by molar-refractivity contribution is 5.96. The summed E-state index contributed by atoms with van der Waals surface area (Å²) in [6.07, 6.45) is -7.98. The number of hydrogen-bond donors (Lipinski definition) is 2. The van der Waals surface area contributed by atoms with Gasteiger partial charge in [-0.2, -0.15) is 0 Å². The highest BCUT2D eigenvalue weighted by Crippen LogP contribution is 2.63. The molecule has 1 amide bonds. The third kappa shape index (κ3) is 11.3. The average Bonchev–Trinajstić information content (AvgIpc) is 3.59. The van der Waals surface area contributed by atoms with Crippen LogP contribution in [0.25, 0.3) is 0 Å². The summed E-state index contributed by atoms with van der Waals surface area (Å²) in [5, 5.41) is 28.3. The maximum atomic E-state index is 16.2. The molecule has 20 heteroatoms. The lowest BCUT2D eigenvalue weighted by Crippen LogP contribution is -2.75. The topological polar surface area (TPSA) is 269 Å². The van der Waals surface area contributed by atoms with E-state index in [0.29, 0.717) is 5.56 Å². The summed E-state index contributed by atoms with van der Waals surface area (Å²) in [6.45, 7) is 7.26. The van der Waals surface area contributed by atoms with E-state index in [4.69, 9.17) is 37.9 Å². The molecule has 422 valence electrons. The summed E-state index contributed by atoms with van der Waals surface area (Å²) >= 11 is 0. The number of carbonyl (C=O) groups is 7. The van der Waals surface area contributed by atoms with Crippen molar-refractivity contribution < 1.29 is 81.5 Å². The molecule has 0 spiro atoms. The number of nitrogens with zero attached hydrogens (tertiary/aromatic N) is 1. The number of Topliss-reactive ketones (excluding diaryl/α,β-unsaturated/α-hetero) is 1. The molecule has 1 saturated heterocycles. The van der Waals surface area contributed by atoms with Crippen LogP contribution in [0.4, 0.5) is 15.3 Å². The van der Waals surface area contributed by atoms with Crippen molar-refractivity contribution in [2.45, 2.75) is 128 Å². The van der Waals surface area contributed by atoms with E-state index in [9.17, 15) is 39.2 Å². The van der Waals surface area contributed by atoms with Crippen LogP contribution in [0.5, 0.6) is 5.75 Å². The number of ether oxygens (including phenoxy) is 8. The van der Waals surface area contributed by atoms with E-state index in [2.05, 4.69) is 5.32 Å². The average molecular weight is 1100 g/mol. The van der Waals surface area contributed by atoms with Crippen LogP contribution < -0.4 is 10.1 Å². The fourth-order valence-electron chi connectivity index (χ4n) is 12.5. The first-order valence-electron chi connectivity index (χ1n) is 26.8. The molecule has 1 aliphatic heterocycles. The first-order valence-corrected chi connectivity index (χ1v) is 26.8. The number of non-ortho nitro benzene ring substituents is 1. The van der Waals surface area contributed by atoms with E-state index >= 15 is 9.59 Å². The third-order valence-corrected chi connectivity index (χ3v) is 16.9. The van der Waals surface area contributed by atoms with Gasteiger partial charge >= 0.3 is 30.2 Å². The lowest BCUT2D eigenvalue weighted by molar-refractivity contribution is -0.384. The van der Waals surface area contributed by atoms with Crippen molar-refractivity contribution >= 4 is 47.6 Å². The Labute approximate surface area is 461 Å². The number of amides is 1. The molecular formula is C60H64N2O18. The van der Waals surface area contributed by atoms with Gasteiger partial charge in [0.15, 0.2) is 11.9 Å². The van der Waals surface area contributed by atoms with Gasteiger partial charge in [0.05, 0.1) is 35.2 Å².